The third-order valence-corrected chi connectivity index (χ3v) is 2.41. The first-order chi connectivity index (χ1) is 6.63. The van der Waals surface area contributed by atoms with E-state index in [0.717, 1.165) is 0 Å². The largest absolute Gasteiger partial charge is 0.368 e. The minimum atomic E-state index is 0.131. The number of hydrogen-bond acceptors (Lipinski definition) is 4. The van der Waals surface area contributed by atoms with Gasteiger partial charge < -0.3 is 10.3 Å². The summed E-state index contributed by atoms with van der Waals surface area (Å²) in [4.78, 5) is 12.0. The Kier molecular flexibility index (Phi) is 2.20. The van der Waals surface area contributed by atoms with E-state index in [2.05, 4.69) is 15.0 Å². The molecule has 0 atom stereocenters. The molecule has 7 heteroatoms. The van der Waals surface area contributed by atoms with Crippen LogP contribution in [-0.2, 0) is 12.9 Å². The molecule has 2 rings (SSSR count). The van der Waals surface area contributed by atoms with Gasteiger partial charge in [-0.25, -0.2) is 4.98 Å². The highest BCUT2D eigenvalue weighted by molar-refractivity contribution is 6.33. The number of nitrogen functional groups attached to an aromatic ring is 1. The number of halogens is 2. The topological polar surface area (TPSA) is 69.6 Å². The van der Waals surface area contributed by atoms with Crippen molar-refractivity contribution in [2.45, 2.75) is 5.88 Å². The lowest BCUT2D eigenvalue weighted by molar-refractivity contribution is 0.862. The van der Waals surface area contributed by atoms with Crippen molar-refractivity contribution in [3.05, 3.63) is 11.0 Å². The molecule has 0 aliphatic heterocycles. The Balaban J connectivity index is 2.85. The summed E-state index contributed by atoms with van der Waals surface area (Å²) in [5.74, 6) is 1.11. The molecule has 0 aliphatic rings. The van der Waals surface area contributed by atoms with Crippen LogP contribution in [0.25, 0.3) is 11.2 Å². The fourth-order valence-electron chi connectivity index (χ4n) is 1.21. The summed E-state index contributed by atoms with van der Waals surface area (Å²) in [5, 5.41) is 0.250. The van der Waals surface area contributed by atoms with Crippen molar-refractivity contribution in [2.75, 3.05) is 5.73 Å². The molecule has 0 radical (unpaired) electrons. The predicted molar refractivity (Wildman–Crippen MR) is 55.3 cm³/mol. The van der Waals surface area contributed by atoms with Crippen LogP contribution < -0.4 is 5.73 Å². The lowest BCUT2D eigenvalue weighted by Gasteiger charge is -1.97. The normalized spacial score (nSPS) is 11.1. The lowest BCUT2D eigenvalue weighted by Crippen LogP contribution is -1.99. The summed E-state index contributed by atoms with van der Waals surface area (Å²) in [6.07, 6.45) is 0. The summed E-state index contributed by atoms with van der Waals surface area (Å²) in [7, 11) is 1.80. The van der Waals surface area contributed by atoms with Gasteiger partial charge in [0.2, 0.25) is 5.95 Å². The first-order valence-corrected chi connectivity index (χ1v) is 4.75. The van der Waals surface area contributed by atoms with E-state index in [1.807, 2.05) is 0 Å². The van der Waals surface area contributed by atoms with Crippen molar-refractivity contribution < 1.29 is 0 Å². The van der Waals surface area contributed by atoms with Crippen LogP contribution in [0.2, 0.25) is 5.15 Å². The quantitative estimate of drug-likeness (QED) is 0.594. The van der Waals surface area contributed by atoms with Gasteiger partial charge in [-0.1, -0.05) is 11.6 Å². The molecule has 0 aromatic carbocycles. The summed E-state index contributed by atoms with van der Waals surface area (Å²) in [6, 6.07) is 0. The van der Waals surface area contributed by atoms with Gasteiger partial charge in [0.25, 0.3) is 0 Å². The molecule has 0 fully saturated rings. The van der Waals surface area contributed by atoms with E-state index in [1.165, 1.54) is 0 Å². The number of rotatable bonds is 1. The fourth-order valence-corrected chi connectivity index (χ4v) is 1.66. The van der Waals surface area contributed by atoms with E-state index in [-0.39, 0.29) is 11.1 Å². The standard InChI is InChI=1S/C7H7Cl2N5/c1-14-3(2-8)11-4-5(9)12-7(10)13-6(4)14/h2H2,1H3,(H2,10,12,13). The van der Waals surface area contributed by atoms with Gasteiger partial charge in [-0.2, -0.15) is 9.97 Å². The summed E-state index contributed by atoms with van der Waals surface area (Å²) < 4.78 is 1.74. The average molecular weight is 232 g/mol. The Morgan fingerprint density at radius 1 is 1.36 bits per heavy atom. The second-order valence-corrected chi connectivity index (χ2v) is 3.39. The highest BCUT2D eigenvalue weighted by atomic mass is 35.5. The maximum atomic E-state index is 5.85. The van der Waals surface area contributed by atoms with E-state index in [4.69, 9.17) is 28.9 Å². The minimum Gasteiger partial charge on any atom is -0.368 e. The van der Waals surface area contributed by atoms with E-state index in [1.54, 1.807) is 11.6 Å². The van der Waals surface area contributed by atoms with Gasteiger partial charge >= 0.3 is 0 Å². The maximum absolute atomic E-state index is 5.85. The van der Waals surface area contributed by atoms with E-state index in [0.29, 0.717) is 22.9 Å². The number of aryl methyl sites for hydroxylation is 1. The molecule has 2 aromatic rings. The molecule has 0 amide bonds. The summed E-state index contributed by atoms with van der Waals surface area (Å²) in [6.45, 7) is 0. The molecule has 0 aliphatic carbocycles. The zero-order chi connectivity index (χ0) is 10.3. The zero-order valence-electron chi connectivity index (χ0n) is 7.33. The van der Waals surface area contributed by atoms with E-state index in [9.17, 15) is 0 Å². The first-order valence-electron chi connectivity index (χ1n) is 3.83. The molecule has 0 saturated heterocycles. The maximum Gasteiger partial charge on any atom is 0.223 e. The summed E-state index contributed by atoms with van der Waals surface area (Å²) in [5.41, 5.74) is 6.59. The van der Waals surface area contributed by atoms with Crippen molar-refractivity contribution in [2.24, 2.45) is 7.05 Å². The van der Waals surface area contributed by atoms with Crippen LogP contribution in [0, 0.1) is 0 Å². The highest BCUT2D eigenvalue weighted by Crippen LogP contribution is 2.21. The molecular weight excluding hydrogens is 225 g/mol. The van der Waals surface area contributed by atoms with Crippen LogP contribution in [0.5, 0.6) is 0 Å². The number of imidazole rings is 1. The molecule has 5 nitrogen and oxygen atoms in total. The number of nitrogens with two attached hydrogens (primary N) is 1. The number of alkyl halides is 1. The minimum absolute atomic E-state index is 0.131. The van der Waals surface area contributed by atoms with Gasteiger partial charge in [-0.3, -0.25) is 0 Å². The van der Waals surface area contributed by atoms with Crippen LogP contribution in [-0.4, -0.2) is 19.5 Å². The molecule has 0 saturated carbocycles. The monoisotopic (exact) mass is 231 g/mol. The highest BCUT2D eigenvalue weighted by Gasteiger charge is 2.12. The number of nitrogens with zero attached hydrogens (tertiary/aromatic N) is 4. The van der Waals surface area contributed by atoms with Gasteiger partial charge in [0.15, 0.2) is 10.8 Å². The lowest BCUT2D eigenvalue weighted by atomic mass is 10.5. The summed E-state index contributed by atoms with van der Waals surface area (Å²) >= 11 is 11.5. The second-order valence-electron chi connectivity index (χ2n) is 2.77. The number of anilines is 1. The molecule has 2 N–H and O–H groups in total. The number of aromatic nitrogens is 4. The van der Waals surface area contributed by atoms with Crippen LogP contribution in [0.15, 0.2) is 0 Å². The Hall–Kier alpha value is -1.07. The third-order valence-electron chi connectivity index (χ3n) is 1.91. The Labute approximate surface area is 89.9 Å². The van der Waals surface area contributed by atoms with Gasteiger partial charge in [-0.05, 0) is 0 Å². The number of hydrogen-bond donors (Lipinski definition) is 1. The van der Waals surface area contributed by atoms with Gasteiger partial charge in [0.1, 0.15) is 11.3 Å². The van der Waals surface area contributed by atoms with Gasteiger partial charge in [-0.15, -0.1) is 11.6 Å². The molecule has 2 aromatic heterocycles. The van der Waals surface area contributed by atoms with Gasteiger partial charge in [0.05, 0.1) is 5.88 Å². The fraction of sp³-hybridized carbons (Fsp3) is 0.286. The zero-order valence-corrected chi connectivity index (χ0v) is 8.84. The second kappa shape index (κ2) is 3.25. The van der Waals surface area contributed by atoms with Gasteiger partial charge in [0, 0.05) is 7.05 Å². The Morgan fingerprint density at radius 2 is 2.07 bits per heavy atom. The molecule has 0 unspecified atom stereocenters. The Bertz CT molecular complexity index is 492. The number of fused-ring (bicyclic) bond motifs is 1. The van der Waals surface area contributed by atoms with Crippen molar-refractivity contribution in [3.8, 4) is 0 Å². The average Bonchev–Trinajstić information content (AvgIpc) is 2.44. The van der Waals surface area contributed by atoms with Crippen LogP contribution in [0.1, 0.15) is 5.82 Å². The molecule has 14 heavy (non-hydrogen) atoms. The van der Waals surface area contributed by atoms with Crippen molar-refractivity contribution in [1.82, 2.24) is 19.5 Å². The predicted octanol–water partition coefficient (Wildman–Crippen LogP) is 1.34. The molecule has 0 spiro atoms. The smallest absolute Gasteiger partial charge is 0.223 e. The van der Waals surface area contributed by atoms with Crippen molar-refractivity contribution in [3.63, 3.8) is 0 Å². The van der Waals surface area contributed by atoms with Crippen molar-refractivity contribution in [1.29, 1.82) is 0 Å². The van der Waals surface area contributed by atoms with Crippen LogP contribution in [0.3, 0.4) is 0 Å². The Morgan fingerprint density at radius 3 is 2.71 bits per heavy atom. The molecule has 0 bridgehead atoms. The van der Waals surface area contributed by atoms with Crippen molar-refractivity contribution >= 4 is 40.3 Å². The first kappa shape index (κ1) is 9.48. The van der Waals surface area contributed by atoms with E-state index >= 15 is 0 Å². The molecule has 2 heterocycles. The molecule has 74 valence electrons. The van der Waals surface area contributed by atoms with Crippen LogP contribution >= 0.6 is 23.2 Å². The SMILES string of the molecule is Cn1c(CCl)nc2c(Cl)nc(N)nc21. The van der Waals surface area contributed by atoms with Crippen LogP contribution in [0.4, 0.5) is 5.95 Å². The van der Waals surface area contributed by atoms with E-state index < -0.39 is 0 Å². The third kappa shape index (κ3) is 1.29. The molecular formula is C7H7Cl2N5.